The van der Waals surface area contributed by atoms with Gasteiger partial charge in [0.25, 0.3) is 0 Å². The maximum absolute atomic E-state index is 11.9. The van der Waals surface area contributed by atoms with Crippen molar-refractivity contribution < 1.29 is 24.3 Å². The number of carbonyl (C=O) groups is 4. The molecule has 2 N–H and O–H groups in total. The second kappa shape index (κ2) is 17.1. The molecule has 0 saturated heterocycles. The van der Waals surface area contributed by atoms with Crippen molar-refractivity contribution in [3.05, 3.63) is 29.3 Å². The molecule has 0 bridgehead atoms. The fourth-order valence-corrected chi connectivity index (χ4v) is 3.28. The van der Waals surface area contributed by atoms with Crippen molar-refractivity contribution in [1.82, 2.24) is 0 Å². The lowest BCUT2D eigenvalue weighted by Crippen LogP contribution is -2.11. The van der Waals surface area contributed by atoms with E-state index in [0.29, 0.717) is 37.9 Å². The van der Waals surface area contributed by atoms with Crippen LogP contribution in [-0.2, 0) is 20.8 Å². The average Bonchev–Trinajstić information content (AvgIpc) is 2.76. The molecule has 1 aromatic carbocycles. The van der Waals surface area contributed by atoms with Crippen LogP contribution < -0.4 is 5.32 Å². The van der Waals surface area contributed by atoms with E-state index in [4.69, 9.17) is 5.11 Å². The third-order valence-corrected chi connectivity index (χ3v) is 5.26. The number of hydrogen-bond donors (Lipinski definition) is 2. The molecule has 0 spiro atoms. The van der Waals surface area contributed by atoms with Crippen LogP contribution in [0.3, 0.4) is 0 Å². The van der Waals surface area contributed by atoms with Crippen LogP contribution in [-0.4, -0.2) is 35.0 Å². The standard InChI is InChI=1S/C16H23NO3.C10H18O2/c1-3-12-13(15(18)4-2)8-7-9-14(12)17-11-6-5-10-16(19)20;1-4-5-10(12)8(2)6-7-9(3)11/h7-9,17H,3-6,10-11H2,1-2H3,(H,19,20);8H,4-7H2,1-3H3. The van der Waals surface area contributed by atoms with E-state index in [9.17, 15) is 19.2 Å². The van der Waals surface area contributed by atoms with E-state index in [-0.39, 0.29) is 23.9 Å². The fourth-order valence-electron chi connectivity index (χ4n) is 3.28. The van der Waals surface area contributed by atoms with Crippen LogP contribution in [0.5, 0.6) is 0 Å². The predicted octanol–water partition coefficient (Wildman–Crippen LogP) is 5.87. The Labute approximate surface area is 193 Å². The van der Waals surface area contributed by atoms with Crippen molar-refractivity contribution in [1.29, 1.82) is 0 Å². The van der Waals surface area contributed by atoms with Crippen molar-refractivity contribution in [2.24, 2.45) is 5.92 Å². The van der Waals surface area contributed by atoms with E-state index < -0.39 is 5.97 Å². The smallest absolute Gasteiger partial charge is 0.303 e. The molecule has 0 aliphatic heterocycles. The molecular weight excluding hydrogens is 406 g/mol. The van der Waals surface area contributed by atoms with Gasteiger partial charge < -0.3 is 15.2 Å². The van der Waals surface area contributed by atoms with E-state index >= 15 is 0 Å². The van der Waals surface area contributed by atoms with Gasteiger partial charge in [-0.1, -0.05) is 39.8 Å². The van der Waals surface area contributed by atoms with Gasteiger partial charge in [0.05, 0.1) is 0 Å². The van der Waals surface area contributed by atoms with E-state index in [1.54, 1.807) is 6.92 Å². The number of Topliss-reactive ketones (excluding diaryl/α,β-unsaturated/α-hetero) is 3. The third-order valence-electron chi connectivity index (χ3n) is 5.26. The van der Waals surface area contributed by atoms with Gasteiger partial charge in [-0.2, -0.15) is 0 Å². The number of aliphatic carboxylic acids is 1. The summed E-state index contributed by atoms with van der Waals surface area (Å²) in [7, 11) is 0. The maximum Gasteiger partial charge on any atom is 0.303 e. The second-order valence-corrected chi connectivity index (χ2v) is 8.10. The molecule has 0 aromatic heterocycles. The van der Waals surface area contributed by atoms with Crippen LogP contribution in [0.1, 0.15) is 102 Å². The highest BCUT2D eigenvalue weighted by Gasteiger charge is 2.12. The molecule has 180 valence electrons. The Bertz CT molecular complexity index is 742. The van der Waals surface area contributed by atoms with Crippen LogP contribution in [0.2, 0.25) is 0 Å². The molecular formula is C26H41NO5. The highest BCUT2D eigenvalue weighted by Crippen LogP contribution is 2.22. The van der Waals surface area contributed by atoms with Gasteiger partial charge in [0.15, 0.2) is 5.78 Å². The van der Waals surface area contributed by atoms with Crippen LogP contribution in [0, 0.1) is 5.92 Å². The van der Waals surface area contributed by atoms with Crippen molar-refractivity contribution >= 4 is 29.0 Å². The topological polar surface area (TPSA) is 101 Å². The quantitative estimate of drug-likeness (QED) is 0.258. The van der Waals surface area contributed by atoms with Crippen LogP contribution in [0.4, 0.5) is 5.69 Å². The normalized spacial score (nSPS) is 11.2. The molecule has 0 fully saturated rings. The zero-order valence-corrected chi connectivity index (χ0v) is 20.5. The van der Waals surface area contributed by atoms with E-state index in [1.165, 1.54) is 0 Å². The first-order valence-electron chi connectivity index (χ1n) is 11.8. The SMILES string of the molecule is CCC(=O)c1cccc(NCCCCC(=O)O)c1CC.CCCC(=O)C(C)CCC(C)=O. The molecule has 0 heterocycles. The summed E-state index contributed by atoms with van der Waals surface area (Å²) in [4.78, 5) is 44.2. The summed E-state index contributed by atoms with van der Waals surface area (Å²) in [6.45, 7) is 10.1. The number of carboxylic acids is 1. The van der Waals surface area contributed by atoms with E-state index in [1.807, 2.05) is 45.9 Å². The monoisotopic (exact) mass is 447 g/mol. The van der Waals surface area contributed by atoms with E-state index in [2.05, 4.69) is 5.32 Å². The first-order valence-corrected chi connectivity index (χ1v) is 11.8. The van der Waals surface area contributed by atoms with Crippen LogP contribution in [0.25, 0.3) is 0 Å². The van der Waals surface area contributed by atoms with Crippen LogP contribution >= 0.6 is 0 Å². The summed E-state index contributed by atoms with van der Waals surface area (Å²) in [5.41, 5.74) is 2.84. The summed E-state index contributed by atoms with van der Waals surface area (Å²) >= 11 is 0. The molecule has 32 heavy (non-hydrogen) atoms. The molecule has 1 unspecified atom stereocenters. The van der Waals surface area contributed by atoms with Gasteiger partial charge in [-0.05, 0) is 50.7 Å². The molecule has 0 aliphatic carbocycles. The predicted molar refractivity (Wildman–Crippen MR) is 129 cm³/mol. The first-order chi connectivity index (χ1) is 15.2. The lowest BCUT2D eigenvalue weighted by Gasteiger charge is -2.14. The Morgan fingerprint density at radius 3 is 2.22 bits per heavy atom. The van der Waals surface area contributed by atoms with E-state index in [0.717, 1.165) is 42.6 Å². The number of carboxylic acid groups (broad SMARTS) is 1. The Hall–Kier alpha value is -2.50. The van der Waals surface area contributed by atoms with Gasteiger partial charge in [0.1, 0.15) is 11.6 Å². The second-order valence-electron chi connectivity index (χ2n) is 8.10. The largest absolute Gasteiger partial charge is 0.481 e. The molecule has 0 aliphatic rings. The lowest BCUT2D eigenvalue weighted by molar-refractivity contribution is -0.137. The van der Waals surface area contributed by atoms with Crippen molar-refractivity contribution in [3.8, 4) is 0 Å². The zero-order valence-electron chi connectivity index (χ0n) is 20.5. The summed E-state index contributed by atoms with van der Waals surface area (Å²) in [5.74, 6) is -0.0649. The molecule has 1 rings (SSSR count). The Morgan fingerprint density at radius 2 is 1.69 bits per heavy atom. The number of nitrogens with one attached hydrogen (secondary N) is 1. The Balaban J connectivity index is 0.000000687. The highest BCUT2D eigenvalue weighted by molar-refractivity contribution is 5.98. The van der Waals surface area contributed by atoms with Gasteiger partial charge in [0, 0.05) is 49.4 Å². The maximum atomic E-state index is 11.9. The Kier molecular flexibility index (Phi) is 15.8. The van der Waals surface area contributed by atoms with Gasteiger partial charge in [-0.3, -0.25) is 14.4 Å². The summed E-state index contributed by atoms with van der Waals surface area (Å²) in [6.07, 6.45) is 5.80. The number of hydrogen-bond acceptors (Lipinski definition) is 5. The van der Waals surface area contributed by atoms with Crippen molar-refractivity contribution in [2.45, 2.75) is 92.4 Å². The fraction of sp³-hybridized carbons (Fsp3) is 0.615. The summed E-state index contributed by atoms with van der Waals surface area (Å²) in [6, 6.07) is 5.74. The number of anilines is 1. The number of benzene rings is 1. The van der Waals surface area contributed by atoms with Crippen molar-refractivity contribution in [3.63, 3.8) is 0 Å². The summed E-state index contributed by atoms with van der Waals surface area (Å²) < 4.78 is 0. The van der Waals surface area contributed by atoms with Crippen molar-refractivity contribution in [2.75, 3.05) is 11.9 Å². The minimum atomic E-state index is -0.755. The third kappa shape index (κ3) is 12.4. The van der Waals surface area contributed by atoms with Gasteiger partial charge in [-0.15, -0.1) is 0 Å². The lowest BCUT2D eigenvalue weighted by atomic mass is 9.97. The number of unbranched alkanes of at least 4 members (excludes halogenated alkanes) is 1. The molecule has 0 saturated carbocycles. The number of carbonyl (C=O) groups excluding carboxylic acids is 3. The zero-order chi connectivity index (χ0) is 24.5. The van der Waals surface area contributed by atoms with Gasteiger partial charge in [0.2, 0.25) is 0 Å². The molecule has 0 radical (unpaired) electrons. The average molecular weight is 448 g/mol. The minimum Gasteiger partial charge on any atom is -0.481 e. The molecule has 0 amide bonds. The molecule has 1 aromatic rings. The Morgan fingerprint density at radius 1 is 1.00 bits per heavy atom. The van der Waals surface area contributed by atoms with Crippen LogP contribution in [0.15, 0.2) is 18.2 Å². The first kappa shape index (κ1) is 29.5. The number of rotatable bonds is 15. The molecule has 1 atom stereocenters. The van der Waals surface area contributed by atoms with Gasteiger partial charge >= 0.3 is 5.97 Å². The number of ketones is 3. The molecule has 6 nitrogen and oxygen atoms in total. The molecule has 6 heteroatoms. The van der Waals surface area contributed by atoms with Gasteiger partial charge in [-0.25, -0.2) is 0 Å². The minimum absolute atomic E-state index is 0.0637. The highest BCUT2D eigenvalue weighted by atomic mass is 16.4. The summed E-state index contributed by atoms with van der Waals surface area (Å²) in [5, 5.41) is 11.9.